The van der Waals surface area contributed by atoms with Gasteiger partial charge in [0, 0.05) is 19.1 Å². The van der Waals surface area contributed by atoms with Crippen molar-refractivity contribution in [1.82, 2.24) is 15.5 Å². The van der Waals surface area contributed by atoms with Gasteiger partial charge in [-0.1, -0.05) is 0 Å². The highest BCUT2D eigenvalue weighted by molar-refractivity contribution is 5.90. The molecule has 1 fully saturated rings. The second-order valence-electron chi connectivity index (χ2n) is 4.19. The highest BCUT2D eigenvalue weighted by atomic mass is 16.1. The molecule has 0 aliphatic carbocycles. The number of rotatable bonds is 3. The average Bonchev–Trinajstić information content (AvgIpc) is 2.39. The van der Waals surface area contributed by atoms with E-state index in [4.69, 9.17) is 5.73 Å². The lowest BCUT2D eigenvalue weighted by Crippen LogP contribution is -2.41. The van der Waals surface area contributed by atoms with Crippen molar-refractivity contribution in [2.45, 2.75) is 18.9 Å². The van der Waals surface area contributed by atoms with Crippen molar-refractivity contribution in [3.63, 3.8) is 0 Å². The van der Waals surface area contributed by atoms with Crippen LogP contribution >= 0.6 is 0 Å². The Morgan fingerprint density at radius 3 is 2.59 bits per heavy atom. The average molecular weight is 235 g/mol. The van der Waals surface area contributed by atoms with Gasteiger partial charge in [0.2, 0.25) is 0 Å². The zero-order valence-electron chi connectivity index (χ0n) is 9.89. The first-order valence-corrected chi connectivity index (χ1v) is 5.76. The normalized spacial score (nSPS) is 17.1. The van der Waals surface area contributed by atoms with Crippen molar-refractivity contribution >= 4 is 11.7 Å². The lowest BCUT2D eigenvalue weighted by molar-refractivity contribution is 0.0994. The molecule has 0 unspecified atom stereocenters. The number of carbonyl (C=O) groups is 1. The predicted octanol–water partition coefficient (Wildman–Crippen LogP) is -0.236. The topological polar surface area (TPSA) is 84.1 Å². The quantitative estimate of drug-likeness (QED) is 0.755. The van der Waals surface area contributed by atoms with E-state index in [0.717, 1.165) is 31.7 Å². The standard InChI is InChI=1S/C11H17N5O/c1-13-8-4-6-16(7-5-8)10-3-2-9(11(12)17)14-15-10/h2-3,8,13H,4-7H2,1H3,(H2,12,17). The molecule has 6 heteroatoms. The van der Waals surface area contributed by atoms with Crippen LogP contribution in [0.3, 0.4) is 0 Å². The molecule has 1 aromatic rings. The Labute approximate surface area is 100 Å². The van der Waals surface area contributed by atoms with Crippen LogP contribution in [0.1, 0.15) is 23.3 Å². The van der Waals surface area contributed by atoms with Gasteiger partial charge in [-0.3, -0.25) is 4.79 Å². The highest BCUT2D eigenvalue weighted by Crippen LogP contribution is 2.16. The summed E-state index contributed by atoms with van der Waals surface area (Å²) in [5.41, 5.74) is 5.32. The van der Waals surface area contributed by atoms with Crippen LogP contribution in [-0.2, 0) is 0 Å². The third kappa shape index (κ3) is 2.71. The van der Waals surface area contributed by atoms with E-state index in [0.29, 0.717) is 6.04 Å². The summed E-state index contributed by atoms with van der Waals surface area (Å²) in [5.74, 6) is 0.266. The maximum absolute atomic E-state index is 10.9. The van der Waals surface area contributed by atoms with Gasteiger partial charge in [0.25, 0.3) is 5.91 Å². The number of anilines is 1. The first-order chi connectivity index (χ1) is 8.20. The van der Waals surface area contributed by atoms with Crippen molar-refractivity contribution in [3.05, 3.63) is 17.8 Å². The molecule has 0 atom stereocenters. The van der Waals surface area contributed by atoms with Crippen molar-refractivity contribution in [3.8, 4) is 0 Å². The molecule has 1 amide bonds. The Kier molecular flexibility index (Phi) is 3.53. The number of hydrogen-bond acceptors (Lipinski definition) is 5. The first-order valence-electron chi connectivity index (χ1n) is 5.76. The third-order valence-corrected chi connectivity index (χ3v) is 3.13. The van der Waals surface area contributed by atoms with Gasteiger partial charge in [-0.25, -0.2) is 0 Å². The fourth-order valence-corrected chi connectivity index (χ4v) is 2.02. The Hall–Kier alpha value is -1.69. The molecule has 0 saturated carbocycles. The Morgan fingerprint density at radius 1 is 1.41 bits per heavy atom. The summed E-state index contributed by atoms with van der Waals surface area (Å²) in [6.45, 7) is 1.91. The lowest BCUT2D eigenvalue weighted by atomic mass is 10.1. The van der Waals surface area contributed by atoms with Crippen LogP contribution in [0.4, 0.5) is 5.82 Å². The third-order valence-electron chi connectivity index (χ3n) is 3.13. The first kappa shape index (κ1) is 11.8. The van der Waals surface area contributed by atoms with E-state index < -0.39 is 5.91 Å². The molecule has 6 nitrogen and oxygen atoms in total. The fraction of sp³-hybridized carbons (Fsp3) is 0.545. The van der Waals surface area contributed by atoms with Crippen LogP contribution in [0.2, 0.25) is 0 Å². The van der Waals surface area contributed by atoms with Gasteiger partial charge >= 0.3 is 0 Å². The van der Waals surface area contributed by atoms with E-state index >= 15 is 0 Å². The molecule has 1 aliphatic heterocycles. The van der Waals surface area contributed by atoms with E-state index in [1.165, 1.54) is 0 Å². The Morgan fingerprint density at radius 2 is 2.12 bits per heavy atom. The van der Waals surface area contributed by atoms with Gasteiger partial charge in [0.05, 0.1) is 0 Å². The number of primary amides is 1. The summed E-state index contributed by atoms with van der Waals surface area (Å²) < 4.78 is 0. The molecule has 1 saturated heterocycles. The zero-order valence-corrected chi connectivity index (χ0v) is 9.89. The van der Waals surface area contributed by atoms with Gasteiger partial charge < -0.3 is 16.0 Å². The van der Waals surface area contributed by atoms with Gasteiger partial charge in [-0.05, 0) is 32.0 Å². The van der Waals surface area contributed by atoms with Crippen molar-refractivity contribution in [2.75, 3.05) is 25.0 Å². The van der Waals surface area contributed by atoms with Crippen LogP contribution in [0, 0.1) is 0 Å². The molecule has 0 radical (unpaired) electrons. The van der Waals surface area contributed by atoms with E-state index in [9.17, 15) is 4.79 Å². The molecule has 2 heterocycles. The summed E-state index contributed by atoms with van der Waals surface area (Å²) >= 11 is 0. The largest absolute Gasteiger partial charge is 0.364 e. The SMILES string of the molecule is CNC1CCN(c2ccc(C(N)=O)nn2)CC1. The second kappa shape index (κ2) is 5.09. The Balaban J connectivity index is 2.01. The van der Waals surface area contributed by atoms with E-state index in [-0.39, 0.29) is 5.69 Å². The summed E-state index contributed by atoms with van der Waals surface area (Å²) in [5, 5.41) is 11.1. The number of amides is 1. The minimum atomic E-state index is -0.544. The molecule has 1 aromatic heterocycles. The number of nitrogens with one attached hydrogen (secondary N) is 1. The van der Waals surface area contributed by atoms with Crippen molar-refractivity contribution in [1.29, 1.82) is 0 Å². The van der Waals surface area contributed by atoms with E-state index in [1.807, 2.05) is 7.05 Å². The minimum absolute atomic E-state index is 0.207. The van der Waals surface area contributed by atoms with Gasteiger partial charge in [0.1, 0.15) is 0 Å². The van der Waals surface area contributed by atoms with Crippen LogP contribution in [0.25, 0.3) is 0 Å². The van der Waals surface area contributed by atoms with Gasteiger partial charge in [-0.2, -0.15) is 0 Å². The monoisotopic (exact) mass is 235 g/mol. The van der Waals surface area contributed by atoms with Crippen molar-refractivity contribution in [2.24, 2.45) is 5.73 Å². The molecular weight excluding hydrogens is 218 g/mol. The maximum Gasteiger partial charge on any atom is 0.269 e. The zero-order chi connectivity index (χ0) is 12.3. The van der Waals surface area contributed by atoms with E-state index in [1.54, 1.807) is 12.1 Å². The molecule has 0 spiro atoms. The number of piperidine rings is 1. The number of carbonyl (C=O) groups excluding carboxylic acids is 1. The molecule has 2 rings (SSSR count). The number of aromatic nitrogens is 2. The second-order valence-corrected chi connectivity index (χ2v) is 4.19. The molecule has 1 aliphatic rings. The smallest absolute Gasteiger partial charge is 0.269 e. The molecule has 17 heavy (non-hydrogen) atoms. The van der Waals surface area contributed by atoms with E-state index in [2.05, 4.69) is 20.4 Å². The Bertz CT molecular complexity index is 383. The molecular formula is C11H17N5O. The fourth-order valence-electron chi connectivity index (χ4n) is 2.02. The minimum Gasteiger partial charge on any atom is -0.364 e. The number of nitrogens with zero attached hydrogens (tertiary/aromatic N) is 3. The summed E-state index contributed by atoms with van der Waals surface area (Å²) in [4.78, 5) is 13.0. The molecule has 92 valence electrons. The molecule has 0 aromatic carbocycles. The van der Waals surface area contributed by atoms with Crippen LogP contribution in [0.5, 0.6) is 0 Å². The maximum atomic E-state index is 10.9. The number of nitrogens with two attached hydrogens (primary N) is 1. The molecule has 3 N–H and O–H groups in total. The summed E-state index contributed by atoms with van der Waals surface area (Å²) in [6, 6.07) is 4.01. The van der Waals surface area contributed by atoms with Crippen LogP contribution < -0.4 is 16.0 Å². The van der Waals surface area contributed by atoms with Crippen LogP contribution in [-0.4, -0.2) is 42.3 Å². The number of hydrogen-bond donors (Lipinski definition) is 2. The van der Waals surface area contributed by atoms with Gasteiger partial charge in [-0.15, -0.1) is 10.2 Å². The van der Waals surface area contributed by atoms with Gasteiger partial charge in [0.15, 0.2) is 11.5 Å². The lowest BCUT2D eigenvalue weighted by Gasteiger charge is -2.32. The molecule has 0 bridgehead atoms. The predicted molar refractivity (Wildman–Crippen MR) is 64.8 cm³/mol. The summed E-state index contributed by atoms with van der Waals surface area (Å²) in [7, 11) is 1.99. The van der Waals surface area contributed by atoms with Crippen LogP contribution in [0.15, 0.2) is 12.1 Å². The van der Waals surface area contributed by atoms with Crippen molar-refractivity contribution < 1.29 is 4.79 Å². The highest BCUT2D eigenvalue weighted by Gasteiger charge is 2.19. The summed E-state index contributed by atoms with van der Waals surface area (Å²) in [6.07, 6.45) is 2.19.